The number of aryl methyl sites for hydroxylation is 1. The Morgan fingerprint density at radius 1 is 1.07 bits per heavy atom. The summed E-state index contributed by atoms with van der Waals surface area (Å²) in [5.74, 6) is 1.08. The van der Waals surface area contributed by atoms with Gasteiger partial charge in [-0.05, 0) is 82.2 Å². The van der Waals surface area contributed by atoms with Crippen molar-refractivity contribution in [3.05, 3.63) is 82.6 Å². The van der Waals surface area contributed by atoms with Crippen LogP contribution in [-0.2, 0) is 19.3 Å². The minimum absolute atomic E-state index is 0.283. The summed E-state index contributed by atoms with van der Waals surface area (Å²) in [4.78, 5) is 13.2. The number of hydrogen-bond donors (Lipinski definition) is 3. The van der Waals surface area contributed by atoms with Gasteiger partial charge in [-0.3, -0.25) is 9.98 Å². The smallest absolute Gasteiger partial charge is 0.129 e. The Morgan fingerprint density at radius 2 is 1.93 bits per heavy atom. The number of benzene rings is 3. The molecule has 0 saturated carbocycles. The highest BCUT2D eigenvalue weighted by Gasteiger charge is 2.18. The van der Waals surface area contributed by atoms with Crippen LogP contribution in [0.15, 0.2) is 65.2 Å². The van der Waals surface area contributed by atoms with E-state index in [4.69, 9.17) is 14.7 Å². The Morgan fingerprint density at radius 3 is 2.78 bits per heavy atom. The zero-order chi connectivity index (χ0) is 28.3. The molecule has 0 saturated heterocycles. The summed E-state index contributed by atoms with van der Waals surface area (Å²) < 4.78 is 5.43. The van der Waals surface area contributed by atoms with Gasteiger partial charge in [0.15, 0.2) is 0 Å². The highest BCUT2D eigenvalue weighted by molar-refractivity contribution is 6.11. The lowest BCUT2D eigenvalue weighted by atomic mass is 9.92. The number of aliphatic imine (C=N–C) groups is 1. The lowest BCUT2D eigenvalue weighted by Crippen LogP contribution is -2.12. The van der Waals surface area contributed by atoms with Crippen molar-refractivity contribution in [2.24, 2.45) is 4.99 Å². The summed E-state index contributed by atoms with van der Waals surface area (Å²) in [5.41, 5.74) is 9.74. The second kappa shape index (κ2) is 11.7. The molecule has 0 radical (unpaired) electrons. The van der Waals surface area contributed by atoms with Crippen molar-refractivity contribution < 1.29 is 9.84 Å². The number of pyridine rings is 1. The largest absolute Gasteiger partial charge is 0.507 e. The second-order valence-corrected chi connectivity index (χ2v) is 11.2. The van der Waals surface area contributed by atoms with Gasteiger partial charge in [-0.15, -0.1) is 0 Å². The molecule has 210 valence electrons. The highest BCUT2D eigenvalue weighted by atomic mass is 16.5. The van der Waals surface area contributed by atoms with Crippen molar-refractivity contribution in [3.8, 4) is 11.5 Å². The number of hydrogen-bond acceptors (Lipinski definition) is 5. The van der Waals surface area contributed by atoms with Crippen molar-refractivity contribution >= 4 is 44.6 Å². The maximum atomic E-state index is 11.3. The van der Waals surface area contributed by atoms with E-state index < -0.39 is 0 Å². The van der Waals surface area contributed by atoms with E-state index >= 15 is 0 Å². The fourth-order valence-electron chi connectivity index (χ4n) is 5.95. The third-order valence-corrected chi connectivity index (χ3v) is 8.09. The highest BCUT2D eigenvalue weighted by Crippen LogP contribution is 2.37. The Balaban J connectivity index is 1.22. The summed E-state index contributed by atoms with van der Waals surface area (Å²) in [5, 5.41) is 18.4. The number of phenols is 1. The van der Waals surface area contributed by atoms with Gasteiger partial charge in [-0.1, -0.05) is 29.8 Å². The summed E-state index contributed by atoms with van der Waals surface area (Å²) in [7, 11) is 1.67. The zero-order valence-electron chi connectivity index (χ0n) is 24.2. The van der Waals surface area contributed by atoms with Gasteiger partial charge in [0.25, 0.3) is 0 Å². The molecule has 6 heteroatoms. The molecule has 0 fully saturated rings. The molecule has 5 aromatic rings. The number of rotatable bonds is 9. The molecule has 0 unspecified atom stereocenters. The molecular weight excluding hydrogens is 508 g/mol. The average Bonchev–Trinajstić information content (AvgIpc) is 3.35. The number of nitrogens with zero attached hydrogens (tertiary/aromatic N) is 2. The van der Waals surface area contributed by atoms with E-state index in [1.165, 1.54) is 40.7 Å². The predicted molar refractivity (Wildman–Crippen MR) is 171 cm³/mol. The van der Waals surface area contributed by atoms with E-state index in [0.717, 1.165) is 70.0 Å². The van der Waals surface area contributed by atoms with Gasteiger partial charge in [0.1, 0.15) is 11.5 Å². The van der Waals surface area contributed by atoms with Crippen molar-refractivity contribution in [2.75, 3.05) is 25.5 Å². The molecule has 6 rings (SSSR count). The molecule has 2 aromatic heterocycles. The summed E-state index contributed by atoms with van der Waals surface area (Å²) in [6.45, 7) is 5.66. The molecule has 6 nitrogen and oxygen atoms in total. The molecule has 0 amide bonds. The van der Waals surface area contributed by atoms with Crippen LogP contribution in [0.3, 0.4) is 0 Å². The van der Waals surface area contributed by atoms with Crippen LogP contribution < -0.4 is 10.1 Å². The lowest BCUT2D eigenvalue weighted by molar-refractivity contribution is 0.415. The number of phenolic OH excluding ortho intramolecular Hbond substituents is 1. The fourth-order valence-corrected chi connectivity index (χ4v) is 5.95. The lowest BCUT2D eigenvalue weighted by Gasteiger charge is -2.21. The molecule has 0 atom stereocenters. The quantitative estimate of drug-likeness (QED) is 0.0997. The van der Waals surface area contributed by atoms with Crippen LogP contribution in [0.4, 0.5) is 5.69 Å². The SMILES string of the molecule is COc1ccc2c(c1)[nH]c1c(CC=C(C)C)c(O)c(C=NCCCNc3c4c(nc5ccccc35)CCCC4)cc12. The first-order chi connectivity index (χ1) is 20.0. The molecule has 2 heterocycles. The number of methoxy groups -OCH3 is 1. The van der Waals surface area contributed by atoms with Crippen LogP contribution in [0.1, 0.15) is 55.5 Å². The first-order valence-corrected chi connectivity index (χ1v) is 14.7. The zero-order valence-corrected chi connectivity index (χ0v) is 24.2. The monoisotopic (exact) mass is 546 g/mol. The van der Waals surface area contributed by atoms with E-state index in [0.29, 0.717) is 13.0 Å². The molecule has 41 heavy (non-hydrogen) atoms. The summed E-state index contributed by atoms with van der Waals surface area (Å²) in [6.07, 6.45) is 10.1. The third kappa shape index (κ3) is 5.39. The van der Waals surface area contributed by atoms with Gasteiger partial charge >= 0.3 is 0 Å². The number of ether oxygens (including phenoxy) is 1. The van der Waals surface area contributed by atoms with Crippen LogP contribution in [0, 0.1) is 0 Å². The summed E-state index contributed by atoms with van der Waals surface area (Å²) >= 11 is 0. The Bertz CT molecular complexity index is 1790. The number of aromatic nitrogens is 2. The van der Waals surface area contributed by atoms with Crippen LogP contribution in [0.2, 0.25) is 0 Å². The van der Waals surface area contributed by atoms with Crippen molar-refractivity contribution in [2.45, 2.75) is 52.4 Å². The second-order valence-electron chi connectivity index (χ2n) is 11.2. The van der Waals surface area contributed by atoms with Gasteiger partial charge in [-0.25, -0.2) is 0 Å². The number of aromatic amines is 1. The van der Waals surface area contributed by atoms with E-state index in [2.05, 4.69) is 60.6 Å². The van der Waals surface area contributed by atoms with Crippen LogP contribution in [0.25, 0.3) is 32.7 Å². The van der Waals surface area contributed by atoms with E-state index in [-0.39, 0.29) is 5.75 Å². The van der Waals surface area contributed by atoms with Crippen LogP contribution in [-0.4, -0.2) is 41.5 Å². The Hall–Kier alpha value is -4.32. The fraction of sp³-hybridized carbons (Fsp3) is 0.314. The molecule has 1 aliphatic rings. The molecule has 0 bridgehead atoms. The molecule has 0 spiro atoms. The van der Waals surface area contributed by atoms with E-state index in [1.807, 2.05) is 24.4 Å². The average molecular weight is 547 g/mol. The summed E-state index contributed by atoms with van der Waals surface area (Å²) in [6, 6.07) is 16.5. The number of nitrogens with one attached hydrogen (secondary N) is 2. The van der Waals surface area contributed by atoms with E-state index in [1.54, 1.807) is 7.11 Å². The predicted octanol–water partition coefficient (Wildman–Crippen LogP) is 7.89. The molecule has 1 aliphatic carbocycles. The van der Waals surface area contributed by atoms with Crippen LogP contribution >= 0.6 is 0 Å². The van der Waals surface area contributed by atoms with Gasteiger partial charge in [0, 0.05) is 64.0 Å². The van der Waals surface area contributed by atoms with Gasteiger partial charge < -0.3 is 20.1 Å². The first-order valence-electron chi connectivity index (χ1n) is 14.7. The maximum Gasteiger partial charge on any atom is 0.129 e. The van der Waals surface area contributed by atoms with Crippen molar-refractivity contribution in [1.29, 1.82) is 0 Å². The Labute approximate surface area is 241 Å². The standard InChI is InChI=1S/C35H38N4O2/c1-22(2)13-15-28-34-29(25-16-14-24(41-3)20-32(25)39-34)19-23(35(28)40)21-36-17-8-18-37-33-26-9-4-6-11-30(26)38-31-12-7-5-10-27(31)33/h4,6,9,11,13-14,16,19-21,39-40H,5,7-8,10,12,15,17-18H2,1-3H3,(H,37,38). The molecule has 3 N–H and O–H groups in total. The molecule has 3 aromatic carbocycles. The third-order valence-electron chi connectivity index (χ3n) is 8.09. The minimum atomic E-state index is 0.283. The van der Waals surface area contributed by atoms with Gasteiger partial charge in [-0.2, -0.15) is 0 Å². The normalized spacial score (nSPS) is 13.2. The van der Waals surface area contributed by atoms with E-state index in [9.17, 15) is 5.11 Å². The number of H-pyrrole nitrogens is 1. The maximum absolute atomic E-state index is 11.3. The number of anilines is 1. The topological polar surface area (TPSA) is 82.5 Å². The van der Waals surface area contributed by atoms with Crippen molar-refractivity contribution in [1.82, 2.24) is 9.97 Å². The number of para-hydroxylation sites is 1. The van der Waals surface area contributed by atoms with Crippen molar-refractivity contribution in [3.63, 3.8) is 0 Å². The Kier molecular flexibility index (Phi) is 7.64. The number of fused-ring (bicyclic) bond motifs is 5. The molecule has 0 aliphatic heterocycles. The van der Waals surface area contributed by atoms with Gasteiger partial charge in [0.05, 0.1) is 23.7 Å². The van der Waals surface area contributed by atoms with Crippen LogP contribution in [0.5, 0.6) is 11.5 Å². The number of aromatic hydroxyl groups is 1. The van der Waals surface area contributed by atoms with Gasteiger partial charge in [0.2, 0.25) is 0 Å². The minimum Gasteiger partial charge on any atom is -0.507 e. The number of allylic oxidation sites excluding steroid dienone is 2. The first kappa shape index (κ1) is 26.9. The molecular formula is C35H38N4O2.